The van der Waals surface area contributed by atoms with Gasteiger partial charge in [-0.05, 0) is 48.1 Å². The van der Waals surface area contributed by atoms with Gasteiger partial charge >= 0.3 is 0 Å². The van der Waals surface area contributed by atoms with Crippen LogP contribution in [0.25, 0.3) is 0 Å². The largest absolute Gasteiger partial charge is 0.508 e. The fourth-order valence-electron chi connectivity index (χ4n) is 2.17. The summed E-state index contributed by atoms with van der Waals surface area (Å²) < 4.78 is 0. The maximum atomic E-state index is 9.68. The van der Waals surface area contributed by atoms with Crippen LogP contribution in [0.15, 0.2) is 18.2 Å². The Morgan fingerprint density at radius 3 is 2.73 bits per heavy atom. The van der Waals surface area contributed by atoms with E-state index in [0.717, 1.165) is 13.1 Å². The molecule has 2 nitrogen and oxygen atoms in total. The number of aromatic hydroxyl groups is 1. The van der Waals surface area contributed by atoms with Crippen LogP contribution in [0.5, 0.6) is 5.75 Å². The van der Waals surface area contributed by atoms with Gasteiger partial charge in [-0.3, -0.25) is 0 Å². The van der Waals surface area contributed by atoms with Crippen LogP contribution in [0, 0.1) is 0 Å². The SMILES string of the molecule is CC(C)c1cc(O)cc(C2CCNC2)c1. The summed E-state index contributed by atoms with van der Waals surface area (Å²) in [5, 5.41) is 13.0. The molecule has 1 aromatic rings. The lowest BCUT2D eigenvalue weighted by molar-refractivity contribution is 0.472. The first-order chi connectivity index (χ1) is 7.16. The molecule has 1 saturated heterocycles. The molecule has 2 heteroatoms. The first-order valence-electron chi connectivity index (χ1n) is 5.71. The topological polar surface area (TPSA) is 32.3 Å². The summed E-state index contributed by atoms with van der Waals surface area (Å²) in [6.07, 6.45) is 1.18. The Bertz CT molecular complexity index is 340. The molecule has 15 heavy (non-hydrogen) atoms. The second-order valence-corrected chi connectivity index (χ2v) is 4.70. The molecule has 1 aliphatic rings. The number of phenols is 1. The minimum Gasteiger partial charge on any atom is -0.508 e. The number of hydrogen-bond donors (Lipinski definition) is 2. The normalized spacial score (nSPS) is 21.1. The molecule has 0 bridgehead atoms. The predicted octanol–water partition coefficient (Wildman–Crippen LogP) is 2.59. The second kappa shape index (κ2) is 4.23. The van der Waals surface area contributed by atoms with Gasteiger partial charge in [-0.15, -0.1) is 0 Å². The molecule has 0 amide bonds. The zero-order chi connectivity index (χ0) is 10.8. The first-order valence-corrected chi connectivity index (χ1v) is 5.71. The van der Waals surface area contributed by atoms with E-state index < -0.39 is 0 Å². The standard InChI is InChI=1S/C13H19NO/c1-9(2)11-5-12(7-13(15)6-11)10-3-4-14-8-10/h5-7,9-10,14-15H,3-4,8H2,1-2H3. The van der Waals surface area contributed by atoms with Crippen molar-refractivity contribution in [2.75, 3.05) is 13.1 Å². The van der Waals surface area contributed by atoms with Crippen LogP contribution >= 0.6 is 0 Å². The van der Waals surface area contributed by atoms with Crippen molar-refractivity contribution < 1.29 is 5.11 Å². The van der Waals surface area contributed by atoms with Crippen molar-refractivity contribution in [2.45, 2.75) is 32.1 Å². The van der Waals surface area contributed by atoms with E-state index >= 15 is 0 Å². The first kappa shape index (κ1) is 10.5. The Morgan fingerprint density at radius 2 is 2.13 bits per heavy atom. The second-order valence-electron chi connectivity index (χ2n) is 4.70. The minimum atomic E-state index is 0.406. The van der Waals surface area contributed by atoms with Gasteiger partial charge in [0.1, 0.15) is 5.75 Å². The van der Waals surface area contributed by atoms with E-state index in [-0.39, 0.29) is 0 Å². The molecule has 1 atom stereocenters. The minimum absolute atomic E-state index is 0.406. The Balaban J connectivity index is 2.30. The summed E-state index contributed by atoms with van der Waals surface area (Å²) in [4.78, 5) is 0. The van der Waals surface area contributed by atoms with Crippen molar-refractivity contribution in [1.82, 2.24) is 5.32 Å². The number of phenolic OH excluding ortho intramolecular Hbond substituents is 1. The highest BCUT2D eigenvalue weighted by Crippen LogP contribution is 2.29. The van der Waals surface area contributed by atoms with Crippen molar-refractivity contribution in [2.24, 2.45) is 0 Å². The molecule has 2 N–H and O–H groups in total. The number of hydrogen-bond acceptors (Lipinski definition) is 2. The van der Waals surface area contributed by atoms with Gasteiger partial charge in [0.2, 0.25) is 0 Å². The highest BCUT2D eigenvalue weighted by atomic mass is 16.3. The number of nitrogens with one attached hydrogen (secondary N) is 1. The quantitative estimate of drug-likeness (QED) is 0.777. The average Bonchev–Trinajstić information content (AvgIpc) is 2.69. The van der Waals surface area contributed by atoms with E-state index in [4.69, 9.17) is 0 Å². The monoisotopic (exact) mass is 205 g/mol. The fraction of sp³-hybridized carbons (Fsp3) is 0.538. The van der Waals surface area contributed by atoms with Gasteiger partial charge in [-0.25, -0.2) is 0 Å². The molecule has 1 aliphatic heterocycles. The van der Waals surface area contributed by atoms with Crippen molar-refractivity contribution >= 4 is 0 Å². The highest BCUT2D eigenvalue weighted by Gasteiger charge is 2.17. The molecule has 1 fully saturated rings. The van der Waals surface area contributed by atoms with Crippen molar-refractivity contribution in [3.05, 3.63) is 29.3 Å². The molecular formula is C13H19NO. The van der Waals surface area contributed by atoms with E-state index in [1.54, 1.807) is 0 Å². The van der Waals surface area contributed by atoms with Crippen LogP contribution < -0.4 is 5.32 Å². The molecule has 0 spiro atoms. The number of benzene rings is 1. The molecule has 0 aromatic heterocycles. The predicted molar refractivity (Wildman–Crippen MR) is 62.4 cm³/mol. The van der Waals surface area contributed by atoms with Gasteiger partial charge in [0.15, 0.2) is 0 Å². The van der Waals surface area contributed by atoms with Crippen LogP contribution in [0.3, 0.4) is 0 Å². The van der Waals surface area contributed by atoms with E-state index in [0.29, 0.717) is 17.6 Å². The zero-order valence-electron chi connectivity index (χ0n) is 9.46. The molecule has 0 saturated carbocycles. The molecule has 1 heterocycles. The lowest BCUT2D eigenvalue weighted by Crippen LogP contribution is -2.08. The van der Waals surface area contributed by atoms with E-state index in [9.17, 15) is 5.11 Å². The third kappa shape index (κ3) is 2.32. The third-order valence-corrected chi connectivity index (χ3v) is 3.16. The van der Waals surface area contributed by atoms with Gasteiger partial charge in [0.25, 0.3) is 0 Å². The van der Waals surface area contributed by atoms with Crippen molar-refractivity contribution in [3.63, 3.8) is 0 Å². The smallest absolute Gasteiger partial charge is 0.116 e. The lowest BCUT2D eigenvalue weighted by Gasteiger charge is -2.13. The van der Waals surface area contributed by atoms with Crippen molar-refractivity contribution in [3.8, 4) is 5.75 Å². The summed E-state index contributed by atoms with van der Waals surface area (Å²) in [6.45, 7) is 6.45. The summed E-state index contributed by atoms with van der Waals surface area (Å²) in [5.41, 5.74) is 2.51. The molecule has 82 valence electrons. The summed E-state index contributed by atoms with van der Waals surface area (Å²) >= 11 is 0. The summed E-state index contributed by atoms with van der Waals surface area (Å²) in [6, 6.07) is 6.02. The Morgan fingerprint density at radius 1 is 1.33 bits per heavy atom. The third-order valence-electron chi connectivity index (χ3n) is 3.16. The van der Waals surface area contributed by atoms with E-state index in [2.05, 4.69) is 25.2 Å². The van der Waals surface area contributed by atoms with Crippen molar-refractivity contribution in [1.29, 1.82) is 0 Å². The molecular weight excluding hydrogens is 186 g/mol. The maximum absolute atomic E-state index is 9.68. The van der Waals surface area contributed by atoms with Gasteiger partial charge in [-0.1, -0.05) is 19.9 Å². The van der Waals surface area contributed by atoms with Crippen LogP contribution in [0.1, 0.15) is 43.2 Å². The molecule has 0 radical (unpaired) electrons. The van der Waals surface area contributed by atoms with Gasteiger partial charge in [0.05, 0.1) is 0 Å². The average molecular weight is 205 g/mol. The highest BCUT2D eigenvalue weighted by molar-refractivity contribution is 5.37. The van der Waals surface area contributed by atoms with Crippen LogP contribution in [-0.4, -0.2) is 18.2 Å². The Labute approximate surface area is 91.3 Å². The summed E-state index contributed by atoms with van der Waals surface area (Å²) in [7, 11) is 0. The van der Waals surface area contributed by atoms with Gasteiger partial charge < -0.3 is 10.4 Å². The van der Waals surface area contributed by atoms with Gasteiger partial charge in [0, 0.05) is 6.54 Å². The number of rotatable bonds is 2. The van der Waals surface area contributed by atoms with Crippen LogP contribution in [-0.2, 0) is 0 Å². The fourth-order valence-corrected chi connectivity index (χ4v) is 2.17. The summed E-state index contributed by atoms with van der Waals surface area (Å²) in [5.74, 6) is 1.46. The maximum Gasteiger partial charge on any atom is 0.116 e. The van der Waals surface area contributed by atoms with E-state index in [1.165, 1.54) is 17.5 Å². The van der Waals surface area contributed by atoms with Crippen LogP contribution in [0.4, 0.5) is 0 Å². The molecule has 1 aromatic carbocycles. The van der Waals surface area contributed by atoms with E-state index in [1.807, 2.05) is 12.1 Å². The molecule has 1 unspecified atom stereocenters. The molecule has 2 rings (SSSR count). The van der Waals surface area contributed by atoms with Gasteiger partial charge in [-0.2, -0.15) is 0 Å². The zero-order valence-corrected chi connectivity index (χ0v) is 9.46. The Hall–Kier alpha value is -1.02. The molecule has 0 aliphatic carbocycles. The van der Waals surface area contributed by atoms with Crippen LogP contribution in [0.2, 0.25) is 0 Å². The lowest BCUT2D eigenvalue weighted by atomic mass is 9.93. The Kier molecular flexibility index (Phi) is 2.96.